The number of hydrogen-bond donors (Lipinski definition) is 2. The fourth-order valence-electron chi connectivity index (χ4n) is 1.79. The lowest BCUT2D eigenvalue weighted by Crippen LogP contribution is -1.88. The molecule has 0 spiro atoms. The number of nitrogens with two attached hydrogens (primary N) is 1. The molecule has 3 nitrogen and oxygen atoms in total. The number of benzene rings is 1. The van der Waals surface area contributed by atoms with Crippen molar-refractivity contribution in [2.45, 2.75) is 6.92 Å². The first kappa shape index (κ1) is 11.2. The van der Waals surface area contributed by atoms with Crippen molar-refractivity contribution in [1.29, 1.82) is 0 Å². The van der Waals surface area contributed by atoms with E-state index in [1.54, 1.807) is 0 Å². The van der Waals surface area contributed by atoms with Gasteiger partial charge in [-0.15, -0.1) is 11.3 Å². The van der Waals surface area contributed by atoms with Crippen LogP contribution in [0, 0.1) is 18.6 Å². The molecule has 0 aliphatic heterocycles. The first-order valence-corrected chi connectivity index (χ1v) is 6.13. The van der Waals surface area contributed by atoms with E-state index in [9.17, 15) is 8.78 Å². The molecule has 0 aliphatic rings. The lowest BCUT2D eigenvalue weighted by atomic mass is 10.3. The van der Waals surface area contributed by atoms with Crippen LogP contribution < -0.4 is 5.73 Å². The Labute approximate surface area is 105 Å². The molecular formula is C12H9F2N3S. The lowest BCUT2D eigenvalue weighted by Gasteiger charge is -1.94. The maximum Gasteiger partial charge on any atom is 0.153 e. The highest BCUT2D eigenvalue weighted by molar-refractivity contribution is 7.14. The second-order valence-corrected chi connectivity index (χ2v) is 4.91. The number of H-pyrrole nitrogens is 1. The summed E-state index contributed by atoms with van der Waals surface area (Å²) in [5, 5.41) is 1.90. The molecule has 0 aliphatic carbocycles. The van der Waals surface area contributed by atoms with Gasteiger partial charge in [-0.05, 0) is 23.9 Å². The number of aryl methyl sites for hydroxylation is 1. The molecule has 3 aromatic rings. The van der Waals surface area contributed by atoms with Crippen LogP contribution in [0.3, 0.4) is 0 Å². The number of fused-ring (bicyclic) bond motifs is 1. The van der Waals surface area contributed by atoms with Gasteiger partial charge < -0.3 is 10.7 Å². The molecule has 3 N–H and O–H groups in total. The molecular weight excluding hydrogens is 256 g/mol. The summed E-state index contributed by atoms with van der Waals surface area (Å²) in [6.07, 6.45) is 0. The van der Waals surface area contributed by atoms with E-state index in [1.165, 1.54) is 17.4 Å². The van der Waals surface area contributed by atoms with Gasteiger partial charge >= 0.3 is 0 Å². The van der Waals surface area contributed by atoms with Crippen molar-refractivity contribution in [1.82, 2.24) is 9.97 Å². The number of nitrogens with zero attached hydrogens (tertiary/aromatic N) is 1. The first-order valence-electron chi connectivity index (χ1n) is 5.25. The summed E-state index contributed by atoms with van der Waals surface area (Å²) in [6.45, 7) is 1.89. The highest BCUT2D eigenvalue weighted by Crippen LogP contribution is 2.34. The third-order valence-electron chi connectivity index (χ3n) is 2.74. The molecule has 0 unspecified atom stereocenters. The van der Waals surface area contributed by atoms with Gasteiger partial charge in [0.2, 0.25) is 0 Å². The Morgan fingerprint density at radius 2 is 2.11 bits per heavy atom. The Morgan fingerprint density at radius 3 is 2.78 bits per heavy atom. The molecule has 0 fully saturated rings. The predicted molar refractivity (Wildman–Crippen MR) is 68.5 cm³/mol. The summed E-state index contributed by atoms with van der Waals surface area (Å²) in [7, 11) is 0. The van der Waals surface area contributed by atoms with Gasteiger partial charge in [-0.25, -0.2) is 13.8 Å². The van der Waals surface area contributed by atoms with Crippen molar-refractivity contribution < 1.29 is 8.78 Å². The molecule has 2 aromatic heterocycles. The zero-order chi connectivity index (χ0) is 12.9. The van der Waals surface area contributed by atoms with E-state index < -0.39 is 11.6 Å². The Balaban J connectivity index is 2.25. The van der Waals surface area contributed by atoms with Crippen LogP contribution in [0.2, 0.25) is 0 Å². The van der Waals surface area contributed by atoms with E-state index in [0.717, 1.165) is 16.5 Å². The van der Waals surface area contributed by atoms with Gasteiger partial charge in [-0.3, -0.25) is 0 Å². The molecule has 0 saturated heterocycles. The fourth-order valence-corrected chi connectivity index (χ4v) is 2.70. The van der Waals surface area contributed by atoms with Gasteiger partial charge in [-0.1, -0.05) is 0 Å². The second kappa shape index (κ2) is 3.78. The topological polar surface area (TPSA) is 54.7 Å². The van der Waals surface area contributed by atoms with Gasteiger partial charge in [-0.2, -0.15) is 0 Å². The average Bonchev–Trinajstić information content (AvgIpc) is 2.84. The summed E-state index contributed by atoms with van der Waals surface area (Å²) in [5.74, 6) is -0.852. The van der Waals surface area contributed by atoms with E-state index >= 15 is 0 Å². The Hall–Kier alpha value is -1.95. The minimum absolute atomic E-state index is 0.122. The third kappa shape index (κ3) is 1.57. The number of aromatic amines is 1. The van der Waals surface area contributed by atoms with Gasteiger partial charge in [0.25, 0.3) is 0 Å². The Kier molecular flexibility index (Phi) is 2.34. The van der Waals surface area contributed by atoms with Gasteiger partial charge in [0, 0.05) is 6.07 Å². The van der Waals surface area contributed by atoms with E-state index in [-0.39, 0.29) is 5.52 Å². The Morgan fingerprint density at radius 1 is 1.33 bits per heavy atom. The molecule has 1 aromatic carbocycles. The fraction of sp³-hybridized carbons (Fsp3) is 0.0833. The van der Waals surface area contributed by atoms with Crippen molar-refractivity contribution in [3.63, 3.8) is 0 Å². The summed E-state index contributed by atoms with van der Waals surface area (Å²) in [6, 6.07) is 2.03. The number of anilines is 1. The average molecular weight is 265 g/mol. The van der Waals surface area contributed by atoms with Gasteiger partial charge in [0.1, 0.15) is 11.3 Å². The van der Waals surface area contributed by atoms with Gasteiger partial charge in [0.15, 0.2) is 11.6 Å². The molecule has 0 saturated carbocycles. The molecule has 6 heteroatoms. The normalized spacial score (nSPS) is 11.3. The zero-order valence-corrected chi connectivity index (χ0v) is 10.2. The Bertz CT molecular complexity index is 745. The summed E-state index contributed by atoms with van der Waals surface area (Å²) >= 11 is 1.42. The van der Waals surface area contributed by atoms with Crippen LogP contribution in [-0.2, 0) is 0 Å². The maximum absolute atomic E-state index is 13.5. The summed E-state index contributed by atoms with van der Waals surface area (Å²) < 4.78 is 26.6. The van der Waals surface area contributed by atoms with E-state index in [1.807, 2.05) is 12.3 Å². The highest BCUT2D eigenvalue weighted by atomic mass is 32.1. The SMILES string of the molecule is Cc1csc(-c2nc3c(F)cc(F)cc3[nH]2)c1N. The molecule has 0 radical (unpaired) electrons. The molecule has 0 atom stereocenters. The van der Waals surface area contributed by atoms with Crippen LogP contribution in [0.15, 0.2) is 17.5 Å². The number of nitrogens with one attached hydrogen (secondary N) is 1. The van der Waals surface area contributed by atoms with Crippen molar-refractivity contribution in [3.8, 4) is 10.7 Å². The molecule has 18 heavy (non-hydrogen) atoms. The number of imidazole rings is 1. The van der Waals surface area contributed by atoms with Crippen molar-refractivity contribution in [2.24, 2.45) is 0 Å². The number of thiophene rings is 1. The van der Waals surface area contributed by atoms with Crippen LogP contribution in [0.4, 0.5) is 14.5 Å². The molecule has 2 heterocycles. The lowest BCUT2D eigenvalue weighted by molar-refractivity contribution is 0.591. The van der Waals surface area contributed by atoms with E-state index in [0.29, 0.717) is 17.0 Å². The van der Waals surface area contributed by atoms with Crippen LogP contribution in [-0.4, -0.2) is 9.97 Å². The number of rotatable bonds is 1. The van der Waals surface area contributed by atoms with Crippen LogP contribution in [0.5, 0.6) is 0 Å². The third-order valence-corrected chi connectivity index (χ3v) is 3.86. The standard InChI is InChI=1S/C12H9F2N3S/c1-5-4-18-11(9(5)15)12-16-8-3-6(13)2-7(14)10(8)17-12/h2-4H,15H2,1H3,(H,16,17). The first-order chi connectivity index (χ1) is 8.56. The van der Waals surface area contributed by atoms with E-state index in [4.69, 9.17) is 5.73 Å². The minimum atomic E-state index is -0.681. The van der Waals surface area contributed by atoms with E-state index in [2.05, 4.69) is 9.97 Å². The number of hydrogen-bond acceptors (Lipinski definition) is 3. The molecule has 0 amide bonds. The second-order valence-electron chi connectivity index (χ2n) is 4.03. The quantitative estimate of drug-likeness (QED) is 0.708. The predicted octanol–water partition coefficient (Wildman–Crippen LogP) is 3.46. The molecule has 3 rings (SSSR count). The smallest absolute Gasteiger partial charge is 0.153 e. The van der Waals surface area contributed by atoms with Crippen molar-refractivity contribution >= 4 is 28.1 Å². The number of nitrogen functional groups attached to an aromatic ring is 1. The highest BCUT2D eigenvalue weighted by Gasteiger charge is 2.14. The monoisotopic (exact) mass is 265 g/mol. The van der Waals surface area contributed by atoms with Gasteiger partial charge in [0.05, 0.1) is 16.1 Å². The minimum Gasteiger partial charge on any atom is -0.397 e. The largest absolute Gasteiger partial charge is 0.397 e. The summed E-state index contributed by atoms with van der Waals surface area (Å²) in [5.41, 5.74) is 7.91. The van der Waals surface area contributed by atoms with Crippen molar-refractivity contribution in [3.05, 3.63) is 34.7 Å². The number of aromatic nitrogens is 2. The van der Waals surface area contributed by atoms with Crippen LogP contribution >= 0.6 is 11.3 Å². The molecule has 92 valence electrons. The number of halogens is 2. The zero-order valence-electron chi connectivity index (χ0n) is 9.42. The van der Waals surface area contributed by atoms with Crippen LogP contribution in [0.25, 0.3) is 21.7 Å². The van der Waals surface area contributed by atoms with Crippen molar-refractivity contribution in [2.75, 3.05) is 5.73 Å². The summed E-state index contributed by atoms with van der Waals surface area (Å²) in [4.78, 5) is 7.76. The van der Waals surface area contributed by atoms with Crippen LogP contribution in [0.1, 0.15) is 5.56 Å². The molecule has 0 bridgehead atoms. The maximum atomic E-state index is 13.5.